The smallest absolute Gasteiger partial charge is 0.374 e. The van der Waals surface area contributed by atoms with Crippen LogP contribution < -0.4 is 79.7 Å². The summed E-state index contributed by atoms with van der Waals surface area (Å²) in [5.74, 6) is -6.95. The Bertz CT molecular complexity index is 5250. The fourth-order valence-corrected chi connectivity index (χ4v) is 12.1. The number of Topliss-reactive ketones (excluding diaryl/α,β-unsaturated/α-hetero) is 3. The zero-order valence-electron chi connectivity index (χ0n) is 65.1. The Labute approximate surface area is 656 Å². The van der Waals surface area contributed by atoms with Crippen molar-refractivity contribution in [1.29, 1.82) is 0 Å². The highest BCUT2D eigenvalue weighted by molar-refractivity contribution is 7.36. The summed E-state index contributed by atoms with van der Waals surface area (Å²) < 4.78 is 21.3. The van der Waals surface area contributed by atoms with Crippen LogP contribution >= 0.6 is 52.5 Å². The summed E-state index contributed by atoms with van der Waals surface area (Å²) in [6.45, 7) is 29.2. The number of carbonyl (C=O) groups excluding carboxylic acids is 5. The summed E-state index contributed by atoms with van der Waals surface area (Å²) in [6, 6.07) is 0. The lowest BCUT2D eigenvalue weighted by atomic mass is 10.2. The Morgan fingerprint density at radius 3 is 0.807 bits per heavy atom. The molecular formula is C61H97N21O26P6. The van der Waals surface area contributed by atoms with Crippen molar-refractivity contribution in [3.63, 3.8) is 0 Å². The molecule has 0 bridgehead atoms. The molecular weight excluding hydrogens is 1630 g/mol. The van der Waals surface area contributed by atoms with Gasteiger partial charge in [-0.15, -0.1) is 0 Å². The molecule has 7 rings (SSSR count). The average molecular weight is 1730 g/mol. The van der Waals surface area contributed by atoms with Gasteiger partial charge in [0.2, 0.25) is 23.3 Å². The number of unbranched alkanes of at least 4 members (excludes halogenated alkanes) is 1. The van der Waals surface area contributed by atoms with Gasteiger partial charge < -0.3 is 24.6 Å². The first-order chi connectivity index (χ1) is 53.3. The molecule has 0 aliphatic heterocycles. The van der Waals surface area contributed by atoms with Gasteiger partial charge in [-0.3, -0.25) is 46.0 Å². The number of hydrogen-bond donors (Lipinski definition) is 5. The van der Waals surface area contributed by atoms with Gasteiger partial charge in [-0.05, 0) is 151 Å². The zero-order chi connectivity index (χ0) is 87.0. The van der Waals surface area contributed by atoms with E-state index in [4.69, 9.17) is 15.1 Å². The van der Waals surface area contributed by atoms with Crippen molar-refractivity contribution < 1.29 is 58.1 Å². The molecule has 47 nitrogen and oxygen atoms in total. The summed E-state index contributed by atoms with van der Waals surface area (Å²) in [5.41, 5.74) is -9.07. The molecule has 6 unspecified atom stereocenters. The maximum atomic E-state index is 12.0. The van der Waals surface area contributed by atoms with Gasteiger partial charge in [0.1, 0.15) is 0 Å². The van der Waals surface area contributed by atoms with E-state index in [0.717, 1.165) is 60.6 Å². The van der Waals surface area contributed by atoms with E-state index in [-0.39, 0.29) is 152 Å². The van der Waals surface area contributed by atoms with E-state index in [1.165, 1.54) is 20.1 Å². The van der Waals surface area contributed by atoms with Crippen molar-refractivity contribution in [3.05, 3.63) is 188 Å². The first-order valence-corrected chi connectivity index (χ1v) is 42.6. The van der Waals surface area contributed by atoms with Gasteiger partial charge in [-0.1, -0.05) is 34.6 Å². The number of ketones is 3. The van der Waals surface area contributed by atoms with E-state index in [1.807, 2.05) is 25.8 Å². The summed E-state index contributed by atoms with van der Waals surface area (Å²) in [4.78, 5) is 276. The monoisotopic (exact) mass is 1730 g/mol. The van der Waals surface area contributed by atoms with Gasteiger partial charge in [-0.25, -0.2) is 118 Å². The molecule has 0 spiro atoms. The summed E-state index contributed by atoms with van der Waals surface area (Å²) in [7, 11) is 2.55. The Kier molecular flexibility index (Phi) is 49.8. The molecule has 632 valence electrons. The minimum absolute atomic E-state index is 0. The molecule has 0 aromatic carbocycles. The number of carbonyl (C=O) groups is 7. The lowest BCUT2D eigenvalue weighted by Gasteiger charge is -2.10. The second kappa shape index (κ2) is 53.7. The molecule has 0 aliphatic rings. The molecule has 0 saturated heterocycles. The molecule has 7 aromatic heterocycles. The van der Waals surface area contributed by atoms with Crippen molar-refractivity contribution in [1.82, 2.24) is 98.5 Å². The highest BCUT2D eigenvalue weighted by Gasteiger charge is 2.23. The second-order valence-electron chi connectivity index (χ2n) is 21.0. The zero-order valence-corrected chi connectivity index (χ0v) is 71.1. The van der Waals surface area contributed by atoms with Gasteiger partial charge in [0.15, 0.2) is 34.8 Å². The molecule has 6 atom stereocenters. The molecule has 7 heterocycles. The predicted octanol–water partition coefficient (Wildman–Crippen LogP) is -1.47. The van der Waals surface area contributed by atoms with Crippen LogP contribution in [0.3, 0.4) is 0 Å². The van der Waals surface area contributed by atoms with Gasteiger partial charge in [0.05, 0.1) is 14.2 Å². The molecule has 114 heavy (non-hydrogen) atoms. The minimum atomic E-state index is -1.43. The minimum Gasteiger partial charge on any atom is -0.475 e. The Morgan fingerprint density at radius 2 is 0.570 bits per heavy atom. The van der Waals surface area contributed by atoms with E-state index in [2.05, 4.69) is 49.3 Å². The average Bonchev–Trinajstić information content (AvgIpc) is 0.820. The number of carboxylic acids is 2. The number of methoxy groups -OCH3 is 2. The fraction of sp³-hybridized carbons (Fsp3) is 0.541. The van der Waals surface area contributed by atoms with Crippen molar-refractivity contribution >= 4 is 93.7 Å². The van der Waals surface area contributed by atoms with Crippen molar-refractivity contribution in [2.24, 2.45) is 0 Å². The van der Waals surface area contributed by atoms with Crippen LogP contribution in [-0.4, -0.2) is 209 Å². The SMILES string of the molecule is C.CCCC(=O)c1nc(=O)n(CC)c(=O)n1PC.CCCC(=O)c1nc(=O)n(CC)c(=O)n1PC.CCCCC(=O)c1nc(=O)n(CC)c(=O)n1PC.CCn1c(=O)nc(C(=O)O)[nH]c1=O.CCn1c(=O)nc(C(=O)O)n(PC)c1=O.CCn1c(=O)nc(C(=O)OC)[nH]c1=O.CCn1c(=O)nc(C(=O)OC)n(PC)c1=O.CPO. The predicted molar refractivity (Wildman–Crippen MR) is 432 cm³/mol. The molecule has 0 fully saturated rings. The molecule has 0 saturated carbocycles. The third-order valence-corrected chi connectivity index (χ3v) is 18.3. The number of carboxylic acid groups (broad SMARTS) is 2. The van der Waals surface area contributed by atoms with E-state index >= 15 is 0 Å². The van der Waals surface area contributed by atoms with E-state index in [9.17, 15) is 101 Å². The van der Waals surface area contributed by atoms with E-state index in [1.54, 1.807) is 88.5 Å². The maximum Gasteiger partial charge on any atom is 0.374 e. The molecule has 7 aromatic rings. The number of aromatic amines is 2. The largest absolute Gasteiger partial charge is 0.475 e. The van der Waals surface area contributed by atoms with E-state index in [0.29, 0.717) is 32.1 Å². The van der Waals surface area contributed by atoms with Gasteiger partial charge in [-0.2, -0.15) is 34.9 Å². The number of H-pyrrole nitrogens is 2. The number of aromatic carboxylic acids is 2. The highest BCUT2D eigenvalue weighted by Crippen LogP contribution is 2.13. The lowest BCUT2D eigenvalue weighted by molar-refractivity contribution is 0.0575. The van der Waals surface area contributed by atoms with Crippen LogP contribution in [0.15, 0.2) is 67.1 Å². The third-order valence-electron chi connectivity index (χ3n) is 14.1. The Balaban J connectivity index is 0. The highest BCUT2D eigenvalue weighted by atomic mass is 31.1. The van der Waals surface area contributed by atoms with Gasteiger partial charge in [0, 0.05) is 73.9 Å². The number of rotatable bonds is 26. The summed E-state index contributed by atoms with van der Waals surface area (Å²) in [5, 5.41) is 17.2. The van der Waals surface area contributed by atoms with Crippen LogP contribution in [-0.2, 0) is 55.3 Å². The number of hydrogen-bond acceptors (Lipinski definition) is 31. The first kappa shape index (κ1) is 106. The normalized spacial score (nSPS) is 10.7. The molecule has 53 heteroatoms. The summed E-state index contributed by atoms with van der Waals surface area (Å²) in [6.07, 6.45) is 3.87. The molecule has 0 radical (unpaired) electrons. The molecule has 0 amide bonds. The van der Waals surface area contributed by atoms with Crippen LogP contribution in [0.1, 0.15) is 196 Å². The third kappa shape index (κ3) is 29.3. The van der Waals surface area contributed by atoms with Crippen LogP contribution in [0.25, 0.3) is 0 Å². The number of nitrogens with one attached hydrogen (secondary N) is 2. The first-order valence-electron chi connectivity index (χ1n) is 33.9. The Morgan fingerprint density at radius 1 is 0.333 bits per heavy atom. The van der Waals surface area contributed by atoms with Crippen LogP contribution in [0.4, 0.5) is 0 Å². The standard InChI is InChI=1S/C11H18N3O3P.2C10H16N3O3P.C8H12N3O4P.C7H10N3O4P.C7H9N3O4.C6H7N3O4.CH5OP.CH4/c1-4-6-7-8(15)9-12-10(16)13(5-2)11(17)14(9)18-3;2*1-4-6-7(14)8-11-9(15)12(5-2)10(16)13(8)17-3;1-4-10-7(13)9-5(6(12)15-2)11(16-3)8(10)14;1-3-9-6(13)8-4(5(11)12)10(15-2)7(9)14;1-3-10-6(12)8-4(5(11)14-2)9-7(10)13;1-2-9-5(12)7-3(4(10)11)8-6(9)13;1-3-2;/h18H,4-7H2,1-3H3;2*17H,4-6H2,1-3H3;16H,4H2,1-3H3;15H,3H2,1-2H3,(H,11,12);3H2,1-2H3,(H,8,9,12,13);2H2,1H3,(H,10,11)(H,7,8,12,13);2-3H,1H3;1H4. The second-order valence-corrected chi connectivity index (χ2v) is 26.0. The van der Waals surface area contributed by atoms with Gasteiger partial charge in [0.25, 0.3) is 0 Å². The maximum absolute atomic E-state index is 12.0. The topological polar surface area (TPSA) is 619 Å². The Hall–Kier alpha value is -10.3. The van der Waals surface area contributed by atoms with Crippen molar-refractivity contribution in [2.45, 2.75) is 167 Å². The van der Waals surface area contributed by atoms with Crippen molar-refractivity contribution in [2.75, 3.05) is 54.2 Å². The van der Waals surface area contributed by atoms with E-state index < -0.39 is 115 Å². The summed E-state index contributed by atoms with van der Waals surface area (Å²) >= 11 is 0. The number of aromatic nitrogens is 21. The molecule has 5 N–H and O–H groups in total. The number of esters is 2. The fourth-order valence-electron chi connectivity index (χ4n) is 8.62. The number of ether oxygens (including phenoxy) is 2. The lowest BCUT2D eigenvalue weighted by Crippen LogP contribution is -2.42. The quantitative estimate of drug-likeness (QED) is 0.0235. The van der Waals surface area contributed by atoms with Gasteiger partial charge >= 0.3 is 104 Å². The van der Waals surface area contributed by atoms with Crippen LogP contribution in [0, 0.1) is 0 Å². The van der Waals surface area contributed by atoms with Crippen molar-refractivity contribution in [3.8, 4) is 0 Å². The molecule has 0 aliphatic carbocycles. The van der Waals surface area contributed by atoms with Crippen LogP contribution in [0.2, 0.25) is 0 Å². The van der Waals surface area contributed by atoms with Crippen LogP contribution in [0.5, 0.6) is 0 Å². The number of nitrogens with zero attached hydrogens (tertiary/aromatic N) is 19.